The van der Waals surface area contributed by atoms with Crippen molar-refractivity contribution in [2.45, 2.75) is 18.3 Å². The largest absolute Gasteiger partial charge is 0.430 e. The third-order valence-electron chi connectivity index (χ3n) is 3.37. The van der Waals surface area contributed by atoms with Gasteiger partial charge in [0.2, 0.25) is 0 Å². The molecule has 0 saturated heterocycles. The number of carbonyl (C=O) groups is 1. The molecule has 1 aromatic carbocycles. The van der Waals surface area contributed by atoms with Crippen molar-refractivity contribution >= 4 is 5.91 Å². The molecule has 1 amide bonds. The Balaban J connectivity index is 2.34. The molecule has 1 unspecified atom stereocenters. The van der Waals surface area contributed by atoms with E-state index < -0.39 is 23.2 Å². The average molecular weight is 341 g/mol. The van der Waals surface area contributed by atoms with Crippen molar-refractivity contribution in [3.05, 3.63) is 64.3 Å². The minimum absolute atomic E-state index is 0.118. The number of nitrogens with one attached hydrogen (secondary N) is 2. The monoisotopic (exact) mass is 341 g/mol. The molecule has 2 aromatic rings. The van der Waals surface area contributed by atoms with Crippen LogP contribution in [0, 0.1) is 0 Å². The van der Waals surface area contributed by atoms with E-state index in [1.807, 2.05) is 0 Å². The number of hydrogen-bond donors (Lipinski definition) is 2. The molecular formula is C15H14F3N3O3. The van der Waals surface area contributed by atoms with Gasteiger partial charge in [0.25, 0.3) is 17.1 Å². The van der Waals surface area contributed by atoms with Crippen molar-refractivity contribution in [3.8, 4) is 0 Å². The van der Waals surface area contributed by atoms with Gasteiger partial charge in [-0.15, -0.1) is 0 Å². The van der Waals surface area contributed by atoms with Gasteiger partial charge in [0, 0.05) is 18.7 Å². The van der Waals surface area contributed by atoms with Crippen LogP contribution in [-0.2, 0) is 21.7 Å². The number of aromatic nitrogens is 2. The van der Waals surface area contributed by atoms with E-state index in [0.29, 0.717) is 0 Å². The van der Waals surface area contributed by atoms with E-state index in [0.717, 1.165) is 31.6 Å². The van der Waals surface area contributed by atoms with Crippen LogP contribution in [0.3, 0.4) is 0 Å². The lowest BCUT2D eigenvalue weighted by Gasteiger charge is -2.33. The van der Waals surface area contributed by atoms with Crippen molar-refractivity contribution in [3.63, 3.8) is 0 Å². The molecule has 1 atom stereocenters. The van der Waals surface area contributed by atoms with Gasteiger partial charge < -0.3 is 15.0 Å². The number of methoxy groups -OCH3 is 1. The molecule has 9 heteroatoms. The van der Waals surface area contributed by atoms with Crippen LogP contribution in [0.1, 0.15) is 11.3 Å². The van der Waals surface area contributed by atoms with Gasteiger partial charge in [-0.25, -0.2) is 4.98 Å². The van der Waals surface area contributed by atoms with Crippen LogP contribution >= 0.6 is 0 Å². The predicted octanol–water partition coefficient (Wildman–Crippen LogP) is 1.49. The molecule has 24 heavy (non-hydrogen) atoms. The first kappa shape index (κ1) is 17.7. The number of H-pyrrole nitrogens is 1. The van der Waals surface area contributed by atoms with Gasteiger partial charge in [0.15, 0.2) is 0 Å². The fourth-order valence-corrected chi connectivity index (χ4v) is 2.22. The minimum Gasteiger partial charge on any atom is -0.356 e. The molecule has 2 N–H and O–H groups in total. The van der Waals surface area contributed by atoms with Crippen LogP contribution in [0.5, 0.6) is 0 Å². The van der Waals surface area contributed by atoms with Gasteiger partial charge >= 0.3 is 6.18 Å². The van der Waals surface area contributed by atoms with Crippen molar-refractivity contribution in [2.75, 3.05) is 7.11 Å². The summed E-state index contributed by atoms with van der Waals surface area (Å²) in [6.45, 7) is -0.350. The Kier molecular flexibility index (Phi) is 5.03. The lowest BCUT2D eigenvalue weighted by molar-refractivity contribution is -0.265. The number of rotatable bonds is 5. The first-order valence-corrected chi connectivity index (χ1v) is 6.80. The predicted molar refractivity (Wildman–Crippen MR) is 77.9 cm³/mol. The summed E-state index contributed by atoms with van der Waals surface area (Å²) in [6.07, 6.45) is -3.90. The van der Waals surface area contributed by atoms with Crippen molar-refractivity contribution in [1.29, 1.82) is 0 Å². The number of ether oxygens (including phenoxy) is 1. The van der Waals surface area contributed by atoms with E-state index in [2.05, 4.69) is 20.0 Å². The zero-order valence-corrected chi connectivity index (χ0v) is 12.6. The van der Waals surface area contributed by atoms with Crippen LogP contribution in [0.25, 0.3) is 0 Å². The smallest absolute Gasteiger partial charge is 0.356 e. The molecule has 0 saturated carbocycles. The number of halogens is 3. The average Bonchev–Trinajstić information content (AvgIpc) is 2.54. The van der Waals surface area contributed by atoms with Gasteiger partial charge in [-0.1, -0.05) is 30.3 Å². The van der Waals surface area contributed by atoms with Crippen molar-refractivity contribution in [2.24, 2.45) is 0 Å². The maximum Gasteiger partial charge on any atom is 0.430 e. The molecule has 128 valence electrons. The third kappa shape index (κ3) is 3.30. The molecule has 0 aliphatic rings. The molecule has 0 aliphatic carbocycles. The number of benzene rings is 1. The van der Waals surface area contributed by atoms with Crippen LogP contribution < -0.4 is 10.9 Å². The molecule has 0 spiro atoms. The number of aromatic amines is 1. The molecule has 1 heterocycles. The number of carbonyl (C=O) groups excluding carboxylic acids is 1. The topological polar surface area (TPSA) is 84.1 Å². The molecule has 6 nitrogen and oxygen atoms in total. The van der Waals surface area contributed by atoms with E-state index in [9.17, 15) is 22.8 Å². The summed E-state index contributed by atoms with van der Waals surface area (Å²) in [4.78, 5) is 29.5. The SMILES string of the molecule is COC(C(=O)NCc1cc(=O)[nH]cn1)(c1ccccc1)C(F)(F)F. The van der Waals surface area contributed by atoms with Crippen LogP contribution in [0.15, 0.2) is 47.5 Å². The van der Waals surface area contributed by atoms with Crippen LogP contribution in [0.4, 0.5) is 13.2 Å². The molecule has 0 radical (unpaired) electrons. The summed E-state index contributed by atoms with van der Waals surface area (Å²) in [6, 6.07) is 7.66. The second kappa shape index (κ2) is 6.83. The van der Waals surface area contributed by atoms with Gasteiger partial charge in [-0.05, 0) is 0 Å². The Morgan fingerprint density at radius 1 is 1.29 bits per heavy atom. The van der Waals surface area contributed by atoms with Crippen molar-refractivity contribution < 1.29 is 22.7 Å². The second-order valence-corrected chi connectivity index (χ2v) is 4.83. The summed E-state index contributed by atoms with van der Waals surface area (Å²) >= 11 is 0. The normalized spacial score (nSPS) is 14.0. The maximum absolute atomic E-state index is 13.6. The number of amides is 1. The van der Waals surface area contributed by atoms with Crippen molar-refractivity contribution in [1.82, 2.24) is 15.3 Å². The zero-order valence-electron chi connectivity index (χ0n) is 12.6. The number of nitrogens with zero attached hydrogens (tertiary/aromatic N) is 1. The Hall–Kier alpha value is -2.68. The fraction of sp³-hybridized carbons (Fsp3) is 0.267. The fourth-order valence-electron chi connectivity index (χ4n) is 2.22. The zero-order chi connectivity index (χ0) is 17.8. The summed E-state index contributed by atoms with van der Waals surface area (Å²) in [7, 11) is 0.811. The second-order valence-electron chi connectivity index (χ2n) is 4.83. The molecule has 0 aliphatic heterocycles. The van der Waals surface area contributed by atoms with E-state index in [1.165, 1.54) is 18.2 Å². The van der Waals surface area contributed by atoms with Gasteiger partial charge in [0.05, 0.1) is 18.6 Å². The van der Waals surface area contributed by atoms with E-state index >= 15 is 0 Å². The van der Waals surface area contributed by atoms with E-state index in [4.69, 9.17) is 0 Å². The Bertz CT molecular complexity index is 762. The highest BCUT2D eigenvalue weighted by Crippen LogP contribution is 2.42. The Labute approximate surface area is 134 Å². The summed E-state index contributed by atoms with van der Waals surface area (Å²) in [5, 5.41) is 2.12. The maximum atomic E-state index is 13.6. The third-order valence-corrected chi connectivity index (χ3v) is 3.37. The first-order valence-electron chi connectivity index (χ1n) is 6.80. The highest BCUT2D eigenvalue weighted by atomic mass is 19.4. The molecule has 1 aromatic heterocycles. The molecule has 0 fully saturated rings. The highest BCUT2D eigenvalue weighted by molar-refractivity contribution is 5.87. The van der Waals surface area contributed by atoms with E-state index in [-0.39, 0.29) is 17.8 Å². The minimum atomic E-state index is -4.99. The van der Waals surface area contributed by atoms with Crippen LogP contribution in [-0.4, -0.2) is 29.2 Å². The standard InChI is InChI=1S/C15H14F3N3O3/c1-24-14(15(16,17)18,10-5-3-2-4-6-10)13(23)19-8-11-7-12(22)21-9-20-11/h2-7,9H,8H2,1H3,(H,19,23)(H,20,21,22). The Morgan fingerprint density at radius 3 is 2.50 bits per heavy atom. The lowest BCUT2D eigenvalue weighted by Crippen LogP contribution is -2.55. The first-order chi connectivity index (χ1) is 11.3. The summed E-state index contributed by atoms with van der Waals surface area (Å²) in [5.74, 6) is -1.40. The van der Waals surface area contributed by atoms with Gasteiger partial charge in [-0.2, -0.15) is 13.2 Å². The van der Waals surface area contributed by atoms with Gasteiger partial charge in [0.1, 0.15) is 0 Å². The lowest BCUT2D eigenvalue weighted by atomic mass is 9.91. The summed E-state index contributed by atoms with van der Waals surface area (Å²) < 4.78 is 45.6. The van der Waals surface area contributed by atoms with Crippen LogP contribution in [0.2, 0.25) is 0 Å². The highest BCUT2D eigenvalue weighted by Gasteiger charge is 2.62. The molecular weight excluding hydrogens is 327 g/mol. The van der Waals surface area contributed by atoms with E-state index in [1.54, 1.807) is 0 Å². The molecule has 2 rings (SSSR count). The number of hydrogen-bond acceptors (Lipinski definition) is 4. The summed E-state index contributed by atoms with van der Waals surface area (Å²) in [5.41, 5.74) is -3.87. The number of alkyl halides is 3. The molecule has 0 bridgehead atoms. The quantitative estimate of drug-likeness (QED) is 0.863. The van der Waals surface area contributed by atoms with Gasteiger partial charge in [-0.3, -0.25) is 9.59 Å². The Morgan fingerprint density at radius 2 is 1.96 bits per heavy atom.